The van der Waals surface area contributed by atoms with Gasteiger partial charge in [0.05, 0.1) is 0 Å². The van der Waals surface area contributed by atoms with E-state index in [1.165, 1.54) is 19.3 Å². The molecule has 1 aliphatic carbocycles. The highest BCUT2D eigenvalue weighted by atomic mass is 15.3. The minimum Gasteiger partial charge on any atom is -0.352 e. The molecular weight excluding hydrogens is 200 g/mol. The van der Waals surface area contributed by atoms with Gasteiger partial charge in [0, 0.05) is 12.6 Å². The highest BCUT2D eigenvalue weighted by Gasteiger charge is 2.25. The van der Waals surface area contributed by atoms with E-state index < -0.39 is 0 Å². The van der Waals surface area contributed by atoms with Crippen molar-refractivity contribution in [2.45, 2.75) is 52.5 Å². The van der Waals surface area contributed by atoms with Crippen molar-refractivity contribution in [1.82, 2.24) is 10.7 Å². The molecule has 16 heavy (non-hydrogen) atoms. The Morgan fingerprint density at radius 3 is 2.69 bits per heavy atom. The van der Waals surface area contributed by atoms with Crippen LogP contribution in [0.15, 0.2) is 4.99 Å². The van der Waals surface area contributed by atoms with Gasteiger partial charge < -0.3 is 5.32 Å². The molecule has 94 valence electrons. The third-order valence-corrected chi connectivity index (χ3v) is 3.38. The van der Waals surface area contributed by atoms with Crippen LogP contribution in [0.3, 0.4) is 0 Å². The first-order valence-corrected chi connectivity index (χ1v) is 6.45. The first kappa shape index (κ1) is 13.3. The van der Waals surface area contributed by atoms with Crippen LogP contribution in [0.2, 0.25) is 0 Å². The molecule has 3 unspecified atom stereocenters. The van der Waals surface area contributed by atoms with E-state index in [9.17, 15) is 0 Å². The van der Waals surface area contributed by atoms with Gasteiger partial charge in [0.15, 0.2) is 0 Å². The summed E-state index contributed by atoms with van der Waals surface area (Å²) in [6, 6.07) is 0.517. The smallest absolute Gasteiger partial charge is 0.205 e. The minimum absolute atomic E-state index is 0.517. The van der Waals surface area contributed by atoms with E-state index in [1.807, 2.05) is 0 Å². The Morgan fingerprint density at radius 1 is 1.38 bits per heavy atom. The fourth-order valence-corrected chi connectivity index (χ4v) is 2.41. The maximum atomic E-state index is 5.46. The molecule has 0 aliphatic heterocycles. The fourth-order valence-electron chi connectivity index (χ4n) is 2.41. The van der Waals surface area contributed by atoms with E-state index in [2.05, 4.69) is 36.5 Å². The molecule has 0 aromatic rings. The molecule has 1 saturated carbocycles. The summed E-state index contributed by atoms with van der Waals surface area (Å²) < 4.78 is 0. The highest BCUT2D eigenvalue weighted by Crippen LogP contribution is 2.28. The zero-order chi connectivity index (χ0) is 12.0. The van der Waals surface area contributed by atoms with Crippen LogP contribution < -0.4 is 16.6 Å². The van der Waals surface area contributed by atoms with Gasteiger partial charge >= 0.3 is 0 Å². The van der Waals surface area contributed by atoms with Crippen molar-refractivity contribution in [2.75, 3.05) is 6.54 Å². The molecule has 0 aromatic carbocycles. The minimum atomic E-state index is 0.517. The van der Waals surface area contributed by atoms with Gasteiger partial charge in [-0.25, -0.2) is 5.84 Å². The lowest BCUT2D eigenvalue weighted by atomic mass is 9.80. The van der Waals surface area contributed by atoms with Gasteiger partial charge in [-0.2, -0.15) is 0 Å². The molecule has 3 atom stereocenters. The number of nitrogens with one attached hydrogen (secondary N) is 2. The van der Waals surface area contributed by atoms with Crippen molar-refractivity contribution in [3.63, 3.8) is 0 Å². The van der Waals surface area contributed by atoms with Crippen LogP contribution in [0.25, 0.3) is 0 Å². The van der Waals surface area contributed by atoms with Crippen LogP contribution in [-0.2, 0) is 0 Å². The lowest BCUT2D eigenvalue weighted by molar-refractivity contribution is 0.246. The first-order chi connectivity index (χ1) is 7.67. The summed E-state index contributed by atoms with van der Waals surface area (Å²) in [4.78, 5) is 4.38. The molecule has 1 fully saturated rings. The molecule has 0 aromatic heterocycles. The second-order valence-corrected chi connectivity index (χ2v) is 5.02. The van der Waals surface area contributed by atoms with Crippen molar-refractivity contribution < 1.29 is 0 Å². The van der Waals surface area contributed by atoms with Crippen LogP contribution in [0, 0.1) is 11.8 Å². The Bertz CT molecular complexity index is 227. The van der Waals surface area contributed by atoms with E-state index in [0.717, 1.165) is 24.8 Å². The SMILES string of the molecule is CCCN=C(NN)NC1CCC(C)CC1C. The average molecular weight is 226 g/mol. The molecule has 0 bridgehead atoms. The maximum Gasteiger partial charge on any atom is 0.205 e. The zero-order valence-electron chi connectivity index (χ0n) is 10.8. The highest BCUT2D eigenvalue weighted by molar-refractivity contribution is 5.79. The normalized spacial score (nSPS) is 31.2. The molecule has 4 N–H and O–H groups in total. The number of nitrogens with two attached hydrogens (primary N) is 1. The maximum absolute atomic E-state index is 5.46. The Hall–Kier alpha value is -0.770. The van der Waals surface area contributed by atoms with E-state index in [-0.39, 0.29) is 0 Å². The molecule has 1 aliphatic rings. The fraction of sp³-hybridized carbons (Fsp3) is 0.917. The Morgan fingerprint density at radius 2 is 2.12 bits per heavy atom. The summed E-state index contributed by atoms with van der Waals surface area (Å²) in [5, 5.41) is 3.42. The van der Waals surface area contributed by atoms with Gasteiger partial charge in [0.25, 0.3) is 0 Å². The summed E-state index contributed by atoms with van der Waals surface area (Å²) in [6.07, 6.45) is 4.86. The molecule has 0 saturated heterocycles. The molecule has 0 amide bonds. The van der Waals surface area contributed by atoms with E-state index >= 15 is 0 Å². The standard InChI is InChI=1S/C12H26N4/c1-4-7-14-12(16-13)15-11-6-5-9(2)8-10(11)3/h9-11H,4-8,13H2,1-3H3,(H2,14,15,16). The third kappa shape index (κ3) is 4.00. The number of hydrazine groups is 1. The third-order valence-electron chi connectivity index (χ3n) is 3.38. The largest absolute Gasteiger partial charge is 0.352 e. The molecule has 0 spiro atoms. The summed E-state index contributed by atoms with van der Waals surface area (Å²) in [5.74, 6) is 7.76. The van der Waals surface area contributed by atoms with E-state index in [0.29, 0.717) is 12.0 Å². The average Bonchev–Trinajstić information content (AvgIpc) is 2.27. The summed E-state index contributed by atoms with van der Waals surface area (Å²) in [7, 11) is 0. The van der Waals surface area contributed by atoms with E-state index in [1.54, 1.807) is 0 Å². The Balaban J connectivity index is 2.45. The van der Waals surface area contributed by atoms with Gasteiger partial charge in [-0.3, -0.25) is 10.4 Å². The second-order valence-electron chi connectivity index (χ2n) is 5.02. The first-order valence-electron chi connectivity index (χ1n) is 6.45. The van der Waals surface area contributed by atoms with Crippen LogP contribution in [-0.4, -0.2) is 18.5 Å². The number of guanidine groups is 1. The lowest BCUT2D eigenvalue weighted by Crippen LogP contribution is -2.50. The van der Waals surface area contributed by atoms with Gasteiger partial charge in [-0.05, 0) is 37.5 Å². The van der Waals surface area contributed by atoms with Crippen molar-refractivity contribution >= 4 is 5.96 Å². The van der Waals surface area contributed by atoms with Crippen LogP contribution >= 0.6 is 0 Å². The number of hydrogen-bond donors (Lipinski definition) is 3. The topological polar surface area (TPSA) is 62.4 Å². The van der Waals surface area contributed by atoms with Crippen molar-refractivity contribution in [2.24, 2.45) is 22.7 Å². The van der Waals surface area contributed by atoms with Gasteiger partial charge in [0.1, 0.15) is 0 Å². The molecule has 0 heterocycles. The second kappa shape index (κ2) is 6.74. The Labute approximate surface area is 99.1 Å². The lowest BCUT2D eigenvalue weighted by Gasteiger charge is -2.33. The summed E-state index contributed by atoms with van der Waals surface area (Å²) in [6.45, 7) is 7.58. The van der Waals surface area contributed by atoms with Crippen LogP contribution in [0.4, 0.5) is 0 Å². The molecule has 0 radical (unpaired) electrons. The number of rotatable bonds is 3. The van der Waals surface area contributed by atoms with Crippen LogP contribution in [0.5, 0.6) is 0 Å². The number of hydrogen-bond acceptors (Lipinski definition) is 2. The van der Waals surface area contributed by atoms with Gasteiger partial charge in [-0.15, -0.1) is 0 Å². The molecular formula is C12H26N4. The van der Waals surface area contributed by atoms with Crippen molar-refractivity contribution in [3.05, 3.63) is 0 Å². The predicted molar refractivity (Wildman–Crippen MR) is 69.0 cm³/mol. The number of aliphatic imine (C=N–C) groups is 1. The van der Waals surface area contributed by atoms with Crippen molar-refractivity contribution in [3.8, 4) is 0 Å². The van der Waals surface area contributed by atoms with E-state index in [4.69, 9.17) is 5.84 Å². The predicted octanol–water partition coefficient (Wildman–Crippen LogP) is 1.63. The van der Waals surface area contributed by atoms with Gasteiger partial charge in [-0.1, -0.05) is 20.8 Å². The molecule has 4 heteroatoms. The Kier molecular flexibility index (Phi) is 5.60. The zero-order valence-corrected chi connectivity index (χ0v) is 10.8. The molecule has 1 rings (SSSR count). The quantitative estimate of drug-likeness (QED) is 0.297. The monoisotopic (exact) mass is 226 g/mol. The molecule has 4 nitrogen and oxygen atoms in total. The summed E-state index contributed by atoms with van der Waals surface area (Å²) >= 11 is 0. The van der Waals surface area contributed by atoms with Gasteiger partial charge in [0.2, 0.25) is 5.96 Å². The number of nitrogens with zero attached hydrogens (tertiary/aromatic N) is 1. The van der Waals surface area contributed by atoms with Crippen molar-refractivity contribution in [1.29, 1.82) is 0 Å². The summed E-state index contributed by atoms with van der Waals surface area (Å²) in [5.41, 5.74) is 2.65. The van der Waals surface area contributed by atoms with Crippen LogP contribution in [0.1, 0.15) is 46.5 Å².